The average molecular weight is 359 g/mol. The lowest BCUT2D eigenvalue weighted by molar-refractivity contribution is 0.340. The highest BCUT2D eigenvalue weighted by atomic mass is 16.5. The van der Waals surface area contributed by atoms with E-state index in [4.69, 9.17) is 4.74 Å². The number of aromatic nitrogens is 4. The van der Waals surface area contributed by atoms with Crippen LogP contribution < -0.4 is 10.1 Å². The molecule has 3 heterocycles. The molecule has 0 aliphatic rings. The second kappa shape index (κ2) is 7.45. The summed E-state index contributed by atoms with van der Waals surface area (Å²) >= 11 is 0. The van der Waals surface area contributed by atoms with Crippen LogP contribution in [0.15, 0.2) is 61.2 Å². The second-order valence-corrected chi connectivity index (χ2v) is 6.29. The third kappa shape index (κ3) is 3.74. The summed E-state index contributed by atoms with van der Waals surface area (Å²) in [6, 6.07) is 14.0. The van der Waals surface area contributed by atoms with Crippen molar-refractivity contribution in [2.45, 2.75) is 20.4 Å². The van der Waals surface area contributed by atoms with Crippen LogP contribution in [0, 0.1) is 6.92 Å². The van der Waals surface area contributed by atoms with Gasteiger partial charge in [0.1, 0.15) is 17.6 Å². The van der Waals surface area contributed by atoms with E-state index in [1.807, 2.05) is 67.2 Å². The van der Waals surface area contributed by atoms with Crippen LogP contribution in [-0.2, 0) is 6.54 Å². The van der Waals surface area contributed by atoms with Crippen molar-refractivity contribution in [1.29, 1.82) is 0 Å². The van der Waals surface area contributed by atoms with Gasteiger partial charge in [-0.25, -0.2) is 9.97 Å². The summed E-state index contributed by atoms with van der Waals surface area (Å²) in [4.78, 5) is 13.5. The molecule has 0 unspecified atom stereocenters. The molecule has 6 heteroatoms. The van der Waals surface area contributed by atoms with E-state index >= 15 is 0 Å². The van der Waals surface area contributed by atoms with E-state index in [1.54, 1.807) is 6.33 Å². The number of fused-ring (bicyclic) bond motifs is 1. The summed E-state index contributed by atoms with van der Waals surface area (Å²) in [5.74, 6) is 0.856. The molecule has 1 aromatic carbocycles. The fourth-order valence-corrected chi connectivity index (χ4v) is 2.85. The summed E-state index contributed by atoms with van der Waals surface area (Å²) in [7, 11) is 0. The lowest BCUT2D eigenvalue weighted by Gasteiger charge is -2.08. The van der Waals surface area contributed by atoms with Crippen LogP contribution in [0.4, 0.5) is 5.69 Å². The van der Waals surface area contributed by atoms with Gasteiger partial charge < -0.3 is 10.1 Å². The van der Waals surface area contributed by atoms with Gasteiger partial charge in [0.15, 0.2) is 5.65 Å². The van der Waals surface area contributed by atoms with Gasteiger partial charge in [-0.1, -0.05) is 6.07 Å². The van der Waals surface area contributed by atoms with Crippen LogP contribution in [-0.4, -0.2) is 26.1 Å². The van der Waals surface area contributed by atoms with Crippen LogP contribution in [0.5, 0.6) is 5.75 Å². The second-order valence-electron chi connectivity index (χ2n) is 6.29. The van der Waals surface area contributed by atoms with Crippen LogP contribution in [0.25, 0.3) is 16.9 Å². The Morgan fingerprint density at radius 1 is 1.00 bits per heavy atom. The van der Waals surface area contributed by atoms with E-state index in [-0.39, 0.29) is 0 Å². The van der Waals surface area contributed by atoms with Crippen molar-refractivity contribution >= 4 is 16.9 Å². The molecule has 4 aromatic rings. The number of nitrogens with zero attached hydrogens (tertiary/aromatic N) is 4. The van der Waals surface area contributed by atoms with E-state index in [0.29, 0.717) is 13.2 Å². The lowest BCUT2D eigenvalue weighted by atomic mass is 10.2. The number of benzene rings is 1. The topological polar surface area (TPSA) is 64.9 Å². The first-order chi connectivity index (χ1) is 13.2. The molecular weight excluding hydrogens is 338 g/mol. The van der Waals surface area contributed by atoms with Crippen molar-refractivity contribution in [1.82, 2.24) is 19.5 Å². The molecule has 0 amide bonds. The number of aryl methyl sites for hydroxylation is 1. The molecule has 0 radical (unpaired) electrons. The van der Waals surface area contributed by atoms with Gasteiger partial charge in [0.2, 0.25) is 0 Å². The summed E-state index contributed by atoms with van der Waals surface area (Å²) in [5, 5.41) is 3.35. The minimum absolute atomic E-state index is 0.646. The van der Waals surface area contributed by atoms with Gasteiger partial charge in [-0.3, -0.25) is 9.55 Å². The minimum atomic E-state index is 0.646. The highest BCUT2D eigenvalue weighted by Crippen LogP contribution is 2.21. The summed E-state index contributed by atoms with van der Waals surface area (Å²) in [6.07, 6.45) is 5.48. The smallest absolute Gasteiger partial charge is 0.164 e. The van der Waals surface area contributed by atoms with E-state index in [2.05, 4.69) is 26.3 Å². The van der Waals surface area contributed by atoms with E-state index in [1.165, 1.54) is 0 Å². The molecule has 4 rings (SSSR count). The Kier molecular flexibility index (Phi) is 4.70. The molecular formula is C21H21N5O. The Labute approximate surface area is 157 Å². The molecule has 3 aromatic heterocycles. The van der Waals surface area contributed by atoms with Crippen LogP contribution in [0.1, 0.15) is 18.2 Å². The molecule has 27 heavy (non-hydrogen) atoms. The molecule has 0 saturated heterocycles. The Morgan fingerprint density at radius 2 is 1.85 bits per heavy atom. The van der Waals surface area contributed by atoms with Gasteiger partial charge >= 0.3 is 0 Å². The lowest BCUT2D eigenvalue weighted by Crippen LogP contribution is -2.02. The maximum absolute atomic E-state index is 5.50. The number of hydrogen-bond acceptors (Lipinski definition) is 5. The minimum Gasteiger partial charge on any atom is -0.494 e. The normalized spacial score (nSPS) is 10.9. The molecule has 0 saturated carbocycles. The zero-order valence-corrected chi connectivity index (χ0v) is 15.4. The fraction of sp³-hybridized carbons (Fsp3) is 0.190. The standard InChI is InChI=1S/C21H21N5O/c1-3-27-19-8-6-18(7-9-19)26-14-25-20-10-17(13-24-21(20)26)23-12-16-5-4-15(2)11-22-16/h4-11,13-14,23H,3,12H2,1-2H3. The first kappa shape index (κ1) is 17.0. The van der Waals surface area contributed by atoms with Crippen molar-refractivity contribution in [3.63, 3.8) is 0 Å². The highest BCUT2D eigenvalue weighted by Gasteiger charge is 2.07. The molecule has 6 nitrogen and oxygen atoms in total. The van der Waals surface area contributed by atoms with Gasteiger partial charge in [-0.2, -0.15) is 0 Å². The van der Waals surface area contributed by atoms with Gasteiger partial charge in [0, 0.05) is 11.9 Å². The van der Waals surface area contributed by atoms with Crippen LogP contribution >= 0.6 is 0 Å². The van der Waals surface area contributed by atoms with Crippen LogP contribution in [0.3, 0.4) is 0 Å². The Hall–Kier alpha value is -3.41. The average Bonchev–Trinajstić information content (AvgIpc) is 3.12. The fourth-order valence-electron chi connectivity index (χ4n) is 2.85. The number of hydrogen-bond donors (Lipinski definition) is 1. The number of nitrogens with one attached hydrogen (secondary N) is 1. The Bertz CT molecular complexity index is 1040. The zero-order chi connectivity index (χ0) is 18.6. The molecule has 0 bridgehead atoms. The Balaban J connectivity index is 1.53. The molecule has 0 aliphatic heterocycles. The predicted molar refractivity (Wildman–Crippen MR) is 106 cm³/mol. The van der Waals surface area contributed by atoms with Crippen LogP contribution in [0.2, 0.25) is 0 Å². The highest BCUT2D eigenvalue weighted by molar-refractivity contribution is 5.76. The Morgan fingerprint density at radius 3 is 2.59 bits per heavy atom. The number of anilines is 1. The summed E-state index contributed by atoms with van der Waals surface area (Å²) in [6.45, 7) is 5.31. The quantitative estimate of drug-likeness (QED) is 0.561. The van der Waals surface area contributed by atoms with E-state index < -0.39 is 0 Å². The largest absolute Gasteiger partial charge is 0.494 e. The molecule has 0 aliphatic carbocycles. The predicted octanol–water partition coefficient (Wildman–Crippen LogP) is 4.13. The van der Waals surface area contributed by atoms with Gasteiger partial charge in [-0.15, -0.1) is 0 Å². The van der Waals surface area contributed by atoms with Gasteiger partial charge in [0.25, 0.3) is 0 Å². The van der Waals surface area contributed by atoms with E-state index in [0.717, 1.165) is 39.5 Å². The zero-order valence-electron chi connectivity index (χ0n) is 15.4. The number of rotatable bonds is 6. The van der Waals surface area contributed by atoms with Crippen molar-refractivity contribution in [2.75, 3.05) is 11.9 Å². The first-order valence-electron chi connectivity index (χ1n) is 8.94. The van der Waals surface area contributed by atoms with E-state index in [9.17, 15) is 0 Å². The maximum Gasteiger partial charge on any atom is 0.164 e. The summed E-state index contributed by atoms with van der Waals surface area (Å²) in [5.41, 5.74) is 5.71. The SMILES string of the molecule is CCOc1ccc(-n2cnc3cc(NCc4ccc(C)cn4)cnc32)cc1. The summed E-state index contributed by atoms with van der Waals surface area (Å²) < 4.78 is 7.47. The maximum atomic E-state index is 5.50. The molecule has 0 spiro atoms. The first-order valence-corrected chi connectivity index (χ1v) is 8.94. The van der Waals surface area contributed by atoms with Gasteiger partial charge in [-0.05, 0) is 55.8 Å². The van der Waals surface area contributed by atoms with Crippen molar-refractivity contribution in [3.05, 3.63) is 72.4 Å². The number of ether oxygens (including phenoxy) is 1. The van der Waals surface area contributed by atoms with Crippen molar-refractivity contribution in [3.8, 4) is 11.4 Å². The third-order valence-corrected chi connectivity index (χ3v) is 4.26. The monoisotopic (exact) mass is 359 g/mol. The molecule has 0 atom stereocenters. The van der Waals surface area contributed by atoms with Gasteiger partial charge in [0.05, 0.1) is 30.7 Å². The number of pyridine rings is 2. The van der Waals surface area contributed by atoms with Crippen molar-refractivity contribution in [2.24, 2.45) is 0 Å². The number of imidazole rings is 1. The van der Waals surface area contributed by atoms with Crippen molar-refractivity contribution < 1.29 is 4.74 Å². The third-order valence-electron chi connectivity index (χ3n) is 4.26. The molecule has 136 valence electrons. The molecule has 1 N–H and O–H groups in total. The molecule has 0 fully saturated rings.